The number of aryl methyl sites for hydroxylation is 3. The van der Waals surface area contributed by atoms with Crippen molar-refractivity contribution >= 4 is 51.8 Å². The first kappa shape index (κ1) is 30.9. The standard InChI is InChI=1S/C32H36FN11O2S/c1-19-14-35-31(38-26-13-20(2)42(3)41-26)39-28(19)23-15-34-29-22(23)5-4-6-25(29)37-27(45)18-43-8-7-21(17-43)46-32-36-16-24(33)30(40-32)44-9-11-47-12-10-44/h4-6,13-16,21,34H,7-12,17-18H2,1-3H3,(H,37,45)(H,35,38,39,41). The Hall–Kier alpha value is -4.76. The number of carbonyl (C=O) groups excluding carboxylic acids is 1. The zero-order chi connectivity index (χ0) is 32.5. The molecule has 1 aromatic carbocycles. The molecule has 3 N–H and O–H groups in total. The van der Waals surface area contributed by atoms with E-state index in [0.717, 1.165) is 58.0 Å². The Balaban J connectivity index is 0.994. The second kappa shape index (κ2) is 13.2. The molecule has 47 heavy (non-hydrogen) atoms. The number of carbonyl (C=O) groups is 1. The van der Waals surface area contributed by atoms with E-state index in [1.165, 1.54) is 6.20 Å². The van der Waals surface area contributed by atoms with Gasteiger partial charge in [-0.25, -0.2) is 19.3 Å². The number of aromatic amines is 1. The molecule has 0 bridgehead atoms. The molecule has 2 aliphatic heterocycles. The smallest absolute Gasteiger partial charge is 0.318 e. The fraction of sp³-hybridized carbons (Fsp3) is 0.375. The summed E-state index contributed by atoms with van der Waals surface area (Å²) < 4.78 is 22.3. The Labute approximate surface area is 275 Å². The summed E-state index contributed by atoms with van der Waals surface area (Å²) in [5, 5.41) is 11.6. The van der Waals surface area contributed by atoms with Gasteiger partial charge in [-0.3, -0.25) is 14.4 Å². The van der Waals surface area contributed by atoms with Crippen LogP contribution in [0.4, 0.5) is 27.7 Å². The fourth-order valence-electron chi connectivity index (χ4n) is 5.94. The van der Waals surface area contributed by atoms with Gasteiger partial charge in [0, 0.05) is 79.8 Å². The minimum Gasteiger partial charge on any atom is -0.459 e. The third-order valence-corrected chi connectivity index (χ3v) is 9.40. The number of hydrogen-bond acceptors (Lipinski definition) is 11. The highest BCUT2D eigenvalue weighted by atomic mass is 32.2. The van der Waals surface area contributed by atoms with Crippen LogP contribution in [0, 0.1) is 19.7 Å². The van der Waals surface area contributed by atoms with Gasteiger partial charge in [0.15, 0.2) is 17.5 Å². The van der Waals surface area contributed by atoms with E-state index in [0.29, 0.717) is 37.0 Å². The summed E-state index contributed by atoms with van der Waals surface area (Å²) in [7, 11) is 1.89. The molecule has 4 aromatic heterocycles. The molecule has 2 fully saturated rings. The number of rotatable bonds is 9. The molecule has 6 heterocycles. The molecule has 0 radical (unpaired) electrons. The molecule has 13 nitrogen and oxygen atoms in total. The highest BCUT2D eigenvalue weighted by molar-refractivity contribution is 7.99. The molecule has 2 aliphatic rings. The Bertz CT molecular complexity index is 1900. The van der Waals surface area contributed by atoms with Gasteiger partial charge in [-0.15, -0.1) is 0 Å². The number of aromatic nitrogens is 7. The van der Waals surface area contributed by atoms with E-state index in [1.54, 1.807) is 10.9 Å². The number of nitrogens with one attached hydrogen (secondary N) is 3. The van der Waals surface area contributed by atoms with Gasteiger partial charge in [0.05, 0.1) is 29.6 Å². The molecule has 0 saturated carbocycles. The van der Waals surface area contributed by atoms with E-state index in [9.17, 15) is 9.18 Å². The molecule has 0 aliphatic carbocycles. The van der Waals surface area contributed by atoms with Gasteiger partial charge < -0.3 is 25.3 Å². The molecular weight excluding hydrogens is 621 g/mol. The summed E-state index contributed by atoms with van der Waals surface area (Å²) in [5.74, 6) is 2.71. The quantitative estimate of drug-likeness (QED) is 0.209. The lowest BCUT2D eigenvalue weighted by molar-refractivity contribution is -0.117. The first-order valence-electron chi connectivity index (χ1n) is 15.6. The highest BCUT2D eigenvalue weighted by Gasteiger charge is 2.27. The van der Waals surface area contributed by atoms with Crippen LogP contribution in [0.5, 0.6) is 6.01 Å². The summed E-state index contributed by atoms with van der Waals surface area (Å²) in [6.07, 6.45) is 5.39. The molecule has 1 amide bonds. The summed E-state index contributed by atoms with van der Waals surface area (Å²) >= 11 is 1.85. The summed E-state index contributed by atoms with van der Waals surface area (Å²) in [6.45, 7) is 6.87. The Morgan fingerprint density at radius 3 is 2.81 bits per heavy atom. The lowest BCUT2D eigenvalue weighted by atomic mass is 10.1. The van der Waals surface area contributed by atoms with Crippen molar-refractivity contribution in [1.82, 2.24) is 39.6 Å². The van der Waals surface area contributed by atoms with Gasteiger partial charge in [0.2, 0.25) is 11.9 Å². The zero-order valence-corrected chi connectivity index (χ0v) is 27.3. The minimum atomic E-state index is -0.442. The van der Waals surface area contributed by atoms with Crippen LogP contribution in [0.2, 0.25) is 0 Å². The zero-order valence-electron chi connectivity index (χ0n) is 26.5. The normalized spacial score (nSPS) is 16.9. The highest BCUT2D eigenvalue weighted by Crippen LogP contribution is 2.33. The van der Waals surface area contributed by atoms with E-state index in [1.807, 2.05) is 72.9 Å². The lowest BCUT2D eigenvalue weighted by Gasteiger charge is -2.27. The molecular formula is C32H36FN11O2S. The molecule has 15 heteroatoms. The number of nitrogens with zero attached hydrogens (tertiary/aromatic N) is 8. The van der Waals surface area contributed by atoms with Crippen LogP contribution in [0.15, 0.2) is 42.9 Å². The number of halogens is 1. The number of H-pyrrole nitrogens is 1. The molecule has 1 atom stereocenters. The van der Waals surface area contributed by atoms with Crippen molar-refractivity contribution in [2.75, 3.05) is 59.8 Å². The van der Waals surface area contributed by atoms with Crippen LogP contribution in [-0.4, -0.2) is 95.8 Å². The second-order valence-corrected chi connectivity index (χ2v) is 13.0. The van der Waals surface area contributed by atoms with Gasteiger partial charge in [0.25, 0.3) is 0 Å². The molecule has 1 unspecified atom stereocenters. The number of hydrogen-bond donors (Lipinski definition) is 3. The van der Waals surface area contributed by atoms with E-state index >= 15 is 0 Å². The van der Waals surface area contributed by atoms with Crippen LogP contribution >= 0.6 is 11.8 Å². The van der Waals surface area contributed by atoms with Crippen molar-refractivity contribution in [3.8, 4) is 17.3 Å². The third kappa shape index (κ3) is 6.72. The second-order valence-electron chi connectivity index (χ2n) is 11.8. The van der Waals surface area contributed by atoms with Gasteiger partial charge >= 0.3 is 6.01 Å². The van der Waals surface area contributed by atoms with E-state index in [-0.39, 0.29) is 30.4 Å². The van der Waals surface area contributed by atoms with Gasteiger partial charge in [0.1, 0.15) is 6.10 Å². The van der Waals surface area contributed by atoms with Crippen molar-refractivity contribution in [3.05, 3.63) is 59.9 Å². The lowest BCUT2D eigenvalue weighted by Crippen LogP contribution is -2.34. The number of amides is 1. The number of fused-ring (bicyclic) bond motifs is 1. The van der Waals surface area contributed by atoms with Crippen molar-refractivity contribution in [2.24, 2.45) is 7.05 Å². The van der Waals surface area contributed by atoms with Crippen molar-refractivity contribution < 1.29 is 13.9 Å². The van der Waals surface area contributed by atoms with Crippen LogP contribution in [0.1, 0.15) is 17.7 Å². The SMILES string of the molecule is Cc1cnc(Nc2cc(C)n(C)n2)nc1-c1c[nH]c2c(NC(=O)CN3CCC(Oc4ncc(F)c(N5CCSCC5)n4)C3)cccc12. The van der Waals surface area contributed by atoms with Gasteiger partial charge in [-0.2, -0.15) is 21.8 Å². The van der Waals surface area contributed by atoms with E-state index < -0.39 is 5.82 Å². The maximum atomic E-state index is 14.5. The maximum absolute atomic E-state index is 14.5. The van der Waals surface area contributed by atoms with Crippen molar-refractivity contribution in [3.63, 3.8) is 0 Å². The average Bonchev–Trinajstić information content (AvgIpc) is 3.78. The number of anilines is 4. The molecule has 0 spiro atoms. The maximum Gasteiger partial charge on any atom is 0.318 e. The molecule has 5 aromatic rings. The van der Waals surface area contributed by atoms with Crippen LogP contribution in [0.3, 0.4) is 0 Å². The van der Waals surface area contributed by atoms with Crippen molar-refractivity contribution in [2.45, 2.75) is 26.4 Å². The van der Waals surface area contributed by atoms with Crippen LogP contribution < -0.4 is 20.3 Å². The topological polar surface area (TPSA) is 142 Å². The number of ether oxygens (including phenoxy) is 1. The summed E-state index contributed by atoms with van der Waals surface area (Å²) in [4.78, 5) is 38.2. The number of likely N-dealkylation sites (tertiary alicyclic amines) is 1. The van der Waals surface area contributed by atoms with Crippen LogP contribution in [-0.2, 0) is 11.8 Å². The summed E-state index contributed by atoms with van der Waals surface area (Å²) in [6, 6.07) is 7.90. The predicted molar refractivity (Wildman–Crippen MR) is 181 cm³/mol. The predicted octanol–water partition coefficient (Wildman–Crippen LogP) is 4.29. The van der Waals surface area contributed by atoms with Gasteiger partial charge in [-0.1, -0.05) is 12.1 Å². The summed E-state index contributed by atoms with van der Waals surface area (Å²) in [5.41, 5.74) is 5.11. The van der Waals surface area contributed by atoms with Crippen molar-refractivity contribution in [1.29, 1.82) is 0 Å². The van der Waals surface area contributed by atoms with E-state index in [2.05, 4.69) is 35.7 Å². The molecule has 2 saturated heterocycles. The molecule has 244 valence electrons. The monoisotopic (exact) mass is 657 g/mol. The van der Waals surface area contributed by atoms with E-state index in [4.69, 9.17) is 9.72 Å². The number of benzene rings is 1. The fourth-order valence-corrected chi connectivity index (χ4v) is 6.84. The number of thioether (sulfide) groups is 1. The first-order valence-corrected chi connectivity index (χ1v) is 16.7. The largest absolute Gasteiger partial charge is 0.459 e. The Morgan fingerprint density at radius 1 is 1.15 bits per heavy atom. The third-order valence-electron chi connectivity index (χ3n) is 8.45. The number of para-hydroxylation sites is 1. The minimum absolute atomic E-state index is 0.132. The average molecular weight is 658 g/mol. The van der Waals surface area contributed by atoms with Crippen LogP contribution in [0.25, 0.3) is 22.2 Å². The Morgan fingerprint density at radius 2 is 2.00 bits per heavy atom. The Kier molecular flexibility index (Phi) is 8.64. The van der Waals surface area contributed by atoms with Gasteiger partial charge in [-0.05, 0) is 31.9 Å². The first-order chi connectivity index (χ1) is 22.8. The molecule has 7 rings (SSSR count).